The van der Waals surface area contributed by atoms with Crippen molar-refractivity contribution in [1.29, 1.82) is 0 Å². The van der Waals surface area contributed by atoms with E-state index in [0.717, 1.165) is 11.3 Å². The largest absolute Gasteiger partial charge is 0.242 e. The zero-order valence-corrected chi connectivity index (χ0v) is 28.7. The fourth-order valence-corrected chi connectivity index (χ4v) is 12.6. The second-order valence-corrected chi connectivity index (χ2v) is 20.3. The molecule has 41 heavy (non-hydrogen) atoms. The lowest BCUT2D eigenvalue weighted by molar-refractivity contribution is 0.331. The molecule has 4 heteroatoms. The first-order chi connectivity index (χ1) is 19.4. The fraction of sp³-hybridized carbons (Fsp3) is 0.676. The van der Waals surface area contributed by atoms with Gasteiger partial charge in [0, 0.05) is 0 Å². The SMILES string of the molecule is CC1(C)CCC(C)(C)c2cc([C@H](N[S@](=O)C(C)(C)C)c3ccccc3P(C3CCCCC3)C3CCCCC3)ccc21. The van der Waals surface area contributed by atoms with Gasteiger partial charge >= 0.3 is 0 Å². The minimum atomic E-state index is -1.18. The average molecular weight is 594 g/mol. The molecule has 2 fully saturated rings. The van der Waals surface area contributed by atoms with Crippen LogP contribution in [-0.4, -0.2) is 20.3 Å². The zero-order chi connectivity index (χ0) is 29.4. The number of fused-ring (bicyclic) bond motifs is 1. The van der Waals surface area contributed by atoms with Gasteiger partial charge in [-0.2, -0.15) is 0 Å². The van der Waals surface area contributed by atoms with Gasteiger partial charge in [0.2, 0.25) is 0 Å². The number of nitrogens with one attached hydrogen (secondary N) is 1. The van der Waals surface area contributed by atoms with Gasteiger partial charge in [0.05, 0.1) is 21.8 Å². The van der Waals surface area contributed by atoms with E-state index in [4.69, 9.17) is 0 Å². The van der Waals surface area contributed by atoms with Crippen molar-refractivity contribution in [3.05, 3.63) is 64.7 Å². The van der Waals surface area contributed by atoms with Gasteiger partial charge in [-0.1, -0.05) is 117 Å². The van der Waals surface area contributed by atoms with Crippen LogP contribution in [-0.2, 0) is 21.8 Å². The van der Waals surface area contributed by atoms with Gasteiger partial charge in [-0.3, -0.25) is 0 Å². The molecular weight excluding hydrogens is 537 g/mol. The Labute approximate surface area is 255 Å². The molecule has 0 amide bonds. The van der Waals surface area contributed by atoms with Gasteiger partial charge in [0.15, 0.2) is 0 Å². The molecule has 2 saturated carbocycles. The first-order valence-electron chi connectivity index (χ1n) is 16.6. The molecule has 2 nitrogen and oxygen atoms in total. The van der Waals surface area contributed by atoms with Crippen molar-refractivity contribution < 1.29 is 4.21 Å². The predicted octanol–water partition coefficient (Wildman–Crippen LogP) is 9.95. The molecule has 0 spiro atoms. The van der Waals surface area contributed by atoms with Crippen LogP contribution < -0.4 is 10.0 Å². The molecule has 5 rings (SSSR count). The van der Waals surface area contributed by atoms with Crippen molar-refractivity contribution in [1.82, 2.24) is 4.72 Å². The Kier molecular flexibility index (Phi) is 9.60. The number of benzene rings is 2. The van der Waals surface area contributed by atoms with E-state index >= 15 is 0 Å². The van der Waals surface area contributed by atoms with Crippen molar-refractivity contribution in [2.75, 3.05) is 0 Å². The molecule has 0 unspecified atom stereocenters. The van der Waals surface area contributed by atoms with Crippen molar-refractivity contribution in [3.8, 4) is 0 Å². The molecule has 0 heterocycles. The summed E-state index contributed by atoms with van der Waals surface area (Å²) in [7, 11) is -1.45. The standard InChI is InChI=1S/C37H56NOPS/c1-35(2,3)41(39)38-34(27-22-23-31-32(26-27)37(6,7)25-24-36(31,4)5)30-20-14-15-21-33(30)40(28-16-10-8-11-17-28)29-18-12-9-13-19-29/h14-15,20-23,26,28-29,34,38H,8-13,16-19,24-25H2,1-7H3/t34-,41+/m0/s1. The Morgan fingerprint density at radius 3 is 1.88 bits per heavy atom. The maximum absolute atomic E-state index is 13.8. The highest BCUT2D eigenvalue weighted by atomic mass is 32.2. The topological polar surface area (TPSA) is 29.1 Å². The monoisotopic (exact) mass is 593 g/mol. The molecule has 2 aromatic rings. The Balaban J connectivity index is 1.65. The van der Waals surface area contributed by atoms with Crippen molar-refractivity contribution in [3.63, 3.8) is 0 Å². The number of hydrogen-bond donors (Lipinski definition) is 1. The van der Waals surface area contributed by atoms with Crippen molar-refractivity contribution >= 4 is 24.2 Å². The molecular formula is C37H56NOPS. The molecule has 3 aliphatic rings. The van der Waals surface area contributed by atoms with Gasteiger partial charge in [-0.05, 0) is 109 Å². The summed E-state index contributed by atoms with van der Waals surface area (Å²) in [5.41, 5.74) is 7.65. The van der Waals surface area contributed by atoms with Crippen LogP contribution >= 0.6 is 7.92 Å². The van der Waals surface area contributed by atoms with Gasteiger partial charge in [-0.15, -0.1) is 0 Å². The maximum Gasteiger partial charge on any atom is 0.0979 e. The lowest BCUT2D eigenvalue weighted by atomic mass is 9.63. The van der Waals surface area contributed by atoms with E-state index in [1.165, 1.54) is 99.3 Å². The van der Waals surface area contributed by atoms with Gasteiger partial charge < -0.3 is 0 Å². The van der Waals surface area contributed by atoms with Gasteiger partial charge in [-0.25, -0.2) is 8.93 Å². The second kappa shape index (κ2) is 12.5. The lowest BCUT2D eigenvalue weighted by Crippen LogP contribution is -2.39. The van der Waals surface area contributed by atoms with E-state index in [2.05, 4.69) is 95.7 Å². The van der Waals surface area contributed by atoms with Gasteiger partial charge in [0.25, 0.3) is 0 Å². The maximum atomic E-state index is 13.8. The summed E-state index contributed by atoms with van der Waals surface area (Å²) >= 11 is 0. The predicted molar refractivity (Wildman–Crippen MR) is 181 cm³/mol. The number of hydrogen-bond acceptors (Lipinski definition) is 1. The van der Waals surface area contributed by atoms with E-state index in [9.17, 15) is 4.21 Å². The third-order valence-electron chi connectivity index (χ3n) is 10.5. The van der Waals surface area contributed by atoms with Gasteiger partial charge in [0.1, 0.15) is 0 Å². The summed E-state index contributed by atoms with van der Waals surface area (Å²) in [6.45, 7) is 15.9. The van der Waals surface area contributed by atoms with Crippen molar-refractivity contribution in [2.45, 2.75) is 158 Å². The summed E-state index contributed by atoms with van der Waals surface area (Å²) < 4.78 is 17.2. The van der Waals surface area contributed by atoms with Crippen LogP contribution in [0.5, 0.6) is 0 Å². The molecule has 2 aromatic carbocycles. The first kappa shape index (κ1) is 31.4. The van der Waals surface area contributed by atoms with Crippen molar-refractivity contribution in [2.24, 2.45) is 0 Å². The Morgan fingerprint density at radius 1 is 0.780 bits per heavy atom. The van der Waals surface area contributed by atoms with Crippen LogP contribution in [0.1, 0.15) is 154 Å². The number of rotatable bonds is 7. The minimum Gasteiger partial charge on any atom is -0.242 e. The van der Waals surface area contributed by atoms with Crippen LogP contribution in [0.15, 0.2) is 42.5 Å². The van der Waals surface area contributed by atoms with Crippen LogP contribution in [0, 0.1) is 0 Å². The van der Waals surface area contributed by atoms with E-state index in [1.54, 1.807) is 5.30 Å². The molecule has 2 atom stereocenters. The molecule has 0 saturated heterocycles. The molecule has 3 aliphatic carbocycles. The van der Waals surface area contributed by atoms with E-state index in [1.807, 2.05) is 0 Å². The average Bonchev–Trinajstić information content (AvgIpc) is 2.95. The fourth-order valence-electron chi connectivity index (χ4n) is 7.76. The van der Waals surface area contributed by atoms with Crippen LogP contribution in [0.2, 0.25) is 0 Å². The molecule has 0 aromatic heterocycles. The minimum absolute atomic E-state index is 0.0745. The molecule has 0 bridgehead atoms. The molecule has 0 radical (unpaired) electrons. The third kappa shape index (κ3) is 6.89. The Hall–Kier alpha value is -1.02. The Morgan fingerprint density at radius 2 is 1.32 bits per heavy atom. The molecule has 0 aliphatic heterocycles. The summed E-state index contributed by atoms with van der Waals surface area (Å²) in [5.74, 6) is 0. The van der Waals surface area contributed by atoms with E-state index in [-0.39, 0.29) is 29.5 Å². The van der Waals surface area contributed by atoms with Crippen LogP contribution in [0.25, 0.3) is 0 Å². The summed E-state index contributed by atoms with van der Waals surface area (Å²) in [4.78, 5) is 0. The summed E-state index contributed by atoms with van der Waals surface area (Å²) in [6, 6.07) is 16.6. The Bertz CT molecular complexity index is 1200. The lowest BCUT2D eigenvalue weighted by Gasteiger charge is -2.43. The summed E-state index contributed by atoms with van der Waals surface area (Å²) in [6.07, 6.45) is 16.4. The first-order valence-corrected chi connectivity index (χ1v) is 19.2. The van der Waals surface area contributed by atoms with E-state index in [0.29, 0.717) is 0 Å². The zero-order valence-electron chi connectivity index (χ0n) is 27.0. The second-order valence-electron chi connectivity index (χ2n) is 15.6. The molecule has 226 valence electrons. The highest BCUT2D eigenvalue weighted by Gasteiger charge is 2.39. The third-order valence-corrected chi connectivity index (χ3v) is 15.6. The van der Waals surface area contributed by atoms with Crippen LogP contribution in [0.4, 0.5) is 0 Å². The molecule has 1 N–H and O–H groups in total. The normalized spacial score (nSPS) is 23.2. The quantitative estimate of drug-likeness (QED) is 0.318. The smallest absolute Gasteiger partial charge is 0.0979 e. The highest BCUT2D eigenvalue weighted by Crippen LogP contribution is 2.56. The summed E-state index contributed by atoms with van der Waals surface area (Å²) in [5, 5.41) is 1.60. The van der Waals surface area contributed by atoms with E-state index < -0.39 is 11.0 Å². The highest BCUT2D eigenvalue weighted by molar-refractivity contribution is 7.84. The van der Waals surface area contributed by atoms with Crippen LogP contribution in [0.3, 0.4) is 0 Å².